The van der Waals surface area contributed by atoms with Crippen LogP contribution in [0.5, 0.6) is 0 Å². The molecule has 0 amide bonds. The summed E-state index contributed by atoms with van der Waals surface area (Å²) in [6.07, 6.45) is 1.20. The summed E-state index contributed by atoms with van der Waals surface area (Å²) in [5.41, 5.74) is 5.33. The first-order valence-electron chi connectivity index (χ1n) is 5.28. The molecule has 80 valence electrons. The topological polar surface area (TPSA) is 38.5 Å². The monoisotopic (exact) mass is 188 g/mol. The van der Waals surface area contributed by atoms with Crippen LogP contribution in [0.1, 0.15) is 27.2 Å². The van der Waals surface area contributed by atoms with Crippen molar-refractivity contribution in [2.24, 2.45) is 5.73 Å². The smallest absolute Gasteiger partial charge is 0.0594 e. The number of nitrogens with zero attached hydrogens (tertiary/aromatic N) is 1. The number of rotatable bonds is 8. The lowest BCUT2D eigenvalue weighted by atomic mass is 10.2. The lowest BCUT2D eigenvalue weighted by Crippen LogP contribution is -2.35. The summed E-state index contributed by atoms with van der Waals surface area (Å²) in [5, 5.41) is 0. The van der Waals surface area contributed by atoms with Crippen LogP contribution in [0.4, 0.5) is 0 Å². The normalized spacial score (nSPS) is 13.6. The number of nitrogens with two attached hydrogens (primary N) is 1. The van der Waals surface area contributed by atoms with E-state index in [1.807, 2.05) is 0 Å². The van der Waals surface area contributed by atoms with Gasteiger partial charge in [0.25, 0.3) is 0 Å². The van der Waals surface area contributed by atoms with Gasteiger partial charge in [-0.05, 0) is 19.9 Å². The Morgan fingerprint density at radius 2 is 2.00 bits per heavy atom. The highest BCUT2D eigenvalue weighted by atomic mass is 16.5. The molecule has 1 unspecified atom stereocenters. The van der Waals surface area contributed by atoms with Crippen LogP contribution in [0.3, 0.4) is 0 Å². The first kappa shape index (κ1) is 12.9. The predicted octanol–water partition coefficient (Wildman–Crippen LogP) is 1.08. The Bertz CT molecular complexity index is 109. The molecule has 3 nitrogen and oxygen atoms in total. The molecule has 0 rings (SSSR count). The second kappa shape index (κ2) is 8.48. The largest absolute Gasteiger partial charge is 0.379 e. The minimum absolute atomic E-state index is 0.620. The summed E-state index contributed by atoms with van der Waals surface area (Å²) in [4.78, 5) is 2.43. The van der Waals surface area contributed by atoms with E-state index < -0.39 is 0 Å². The molecule has 0 aliphatic rings. The molecule has 0 aromatic rings. The third-order valence-electron chi connectivity index (χ3n) is 2.41. The average Bonchev–Trinajstić information content (AvgIpc) is 2.17. The van der Waals surface area contributed by atoms with E-state index in [-0.39, 0.29) is 0 Å². The Kier molecular flexibility index (Phi) is 8.40. The van der Waals surface area contributed by atoms with Crippen molar-refractivity contribution in [3.05, 3.63) is 0 Å². The number of likely N-dealkylation sites (N-methyl/N-ethyl adjacent to an activating group) is 1. The molecule has 0 bridgehead atoms. The van der Waals surface area contributed by atoms with Gasteiger partial charge in [-0.1, -0.05) is 13.8 Å². The quantitative estimate of drug-likeness (QED) is 0.579. The van der Waals surface area contributed by atoms with Crippen molar-refractivity contribution in [1.82, 2.24) is 4.90 Å². The SMILES string of the molecule is CCC(C)N(CC)CCOCCN. The highest BCUT2D eigenvalue weighted by Gasteiger charge is 2.08. The molecule has 0 aromatic carbocycles. The van der Waals surface area contributed by atoms with Crippen LogP contribution in [0.25, 0.3) is 0 Å². The van der Waals surface area contributed by atoms with E-state index in [9.17, 15) is 0 Å². The zero-order chi connectivity index (χ0) is 10.1. The van der Waals surface area contributed by atoms with Gasteiger partial charge in [-0.15, -0.1) is 0 Å². The van der Waals surface area contributed by atoms with Gasteiger partial charge in [-0.25, -0.2) is 0 Å². The van der Waals surface area contributed by atoms with Gasteiger partial charge in [0.2, 0.25) is 0 Å². The van der Waals surface area contributed by atoms with E-state index in [4.69, 9.17) is 10.5 Å². The van der Waals surface area contributed by atoms with E-state index in [2.05, 4.69) is 25.7 Å². The van der Waals surface area contributed by atoms with Crippen molar-refractivity contribution >= 4 is 0 Å². The van der Waals surface area contributed by atoms with Gasteiger partial charge in [0.15, 0.2) is 0 Å². The van der Waals surface area contributed by atoms with Gasteiger partial charge in [-0.3, -0.25) is 4.90 Å². The van der Waals surface area contributed by atoms with Crippen molar-refractivity contribution in [2.75, 3.05) is 32.8 Å². The first-order chi connectivity index (χ1) is 6.26. The molecule has 13 heavy (non-hydrogen) atoms. The molecule has 0 heterocycles. The summed E-state index contributed by atoms with van der Waals surface area (Å²) < 4.78 is 5.34. The maximum Gasteiger partial charge on any atom is 0.0594 e. The fraction of sp³-hybridized carbons (Fsp3) is 1.00. The third-order valence-corrected chi connectivity index (χ3v) is 2.41. The number of hydrogen-bond acceptors (Lipinski definition) is 3. The highest BCUT2D eigenvalue weighted by molar-refractivity contribution is 4.63. The van der Waals surface area contributed by atoms with Gasteiger partial charge < -0.3 is 10.5 Å². The lowest BCUT2D eigenvalue weighted by Gasteiger charge is -2.26. The third kappa shape index (κ3) is 6.02. The van der Waals surface area contributed by atoms with Crippen LogP contribution in [-0.4, -0.2) is 43.8 Å². The van der Waals surface area contributed by atoms with Crippen molar-refractivity contribution in [3.63, 3.8) is 0 Å². The van der Waals surface area contributed by atoms with Gasteiger partial charge in [0.1, 0.15) is 0 Å². The second-order valence-corrected chi connectivity index (χ2v) is 3.29. The minimum Gasteiger partial charge on any atom is -0.379 e. The molecule has 0 aromatic heterocycles. The van der Waals surface area contributed by atoms with E-state index >= 15 is 0 Å². The van der Waals surface area contributed by atoms with Crippen molar-refractivity contribution < 1.29 is 4.74 Å². The second-order valence-electron chi connectivity index (χ2n) is 3.29. The minimum atomic E-state index is 0.620. The molecule has 0 fully saturated rings. The number of hydrogen-bond donors (Lipinski definition) is 1. The molecule has 1 atom stereocenters. The number of ether oxygens (including phenoxy) is 1. The first-order valence-corrected chi connectivity index (χ1v) is 5.28. The fourth-order valence-electron chi connectivity index (χ4n) is 1.32. The summed E-state index contributed by atoms with van der Waals surface area (Å²) in [5.74, 6) is 0. The molecule has 0 aliphatic carbocycles. The molecular formula is C10H24N2O. The van der Waals surface area contributed by atoms with Gasteiger partial charge >= 0.3 is 0 Å². The van der Waals surface area contributed by atoms with Gasteiger partial charge in [0.05, 0.1) is 13.2 Å². The molecule has 2 N–H and O–H groups in total. The zero-order valence-corrected chi connectivity index (χ0v) is 9.25. The van der Waals surface area contributed by atoms with Crippen molar-refractivity contribution in [2.45, 2.75) is 33.2 Å². The van der Waals surface area contributed by atoms with Gasteiger partial charge in [-0.2, -0.15) is 0 Å². The van der Waals surface area contributed by atoms with E-state index in [1.165, 1.54) is 6.42 Å². The molecule has 0 aliphatic heterocycles. The van der Waals surface area contributed by atoms with Crippen LogP contribution >= 0.6 is 0 Å². The molecule has 0 saturated heterocycles. The van der Waals surface area contributed by atoms with E-state index in [0.717, 1.165) is 19.7 Å². The van der Waals surface area contributed by atoms with E-state index in [0.29, 0.717) is 19.2 Å². The van der Waals surface area contributed by atoms with Gasteiger partial charge in [0, 0.05) is 19.1 Å². The maximum atomic E-state index is 5.34. The highest BCUT2D eigenvalue weighted by Crippen LogP contribution is 2.01. The Balaban J connectivity index is 3.47. The molecule has 0 saturated carbocycles. The molecule has 0 spiro atoms. The Morgan fingerprint density at radius 3 is 2.46 bits per heavy atom. The Hall–Kier alpha value is -0.120. The fourth-order valence-corrected chi connectivity index (χ4v) is 1.32. The standard InChI is InChI=1S/C10H24N2O/c1-4-10(3)12(5-2)7-9-13-8-6-11/h10H,4-9,11H2,1-3H3. The molecule has 3 heteroatoms. The molecule has 0 radical (unpaired) electrons. The van der Waals surface area contributed by atoms with Crippen LogP contribution in [-0.2, 0) is 4.74 Å². The van der Waals surface area contributed by atoms with E-state index in [1.54, 1.807) is 0 Å². The van der Waals surface area contributed by atoms with Crippen LogP contribution in [0.15, 0.2) is 0 Å². The maximum absolute atomic E-state index is 5.34. The average molecular weight is 188 g/mol. The summed E-state index contributed by atoms with van der Waals surface area (Å²) in [6.45, 7) is 10.9. The summed E-state index contributed by atoms with van der Waals surface area (Å²) in [7, 11) is 0. The van der Waals surface area contributed by atoms with Crippen molar-refractivity contribution in [1.29, 1.82) is 0 Å². The Labute approximate surface area is 82.2 Å². The van der Waals surface area contributed by atoms with Crippen LogP contribution < -0.4 is 5.73 Å². The summed E-state index contributed by atoms with van der Waals surface area (Å²) >= 11 is 0. The molecular weight excluding hydrogens is 164 g/mol. The summed E-state index contributed by atoms with van der Waals surface area (Å²) in [6, 6.07) is 0.659. The predicted molar refractivity (Wildman–Crippen MR) is 56.9 cm³/mol. The van der Waals surface area contributed by atoms with Crippen LogP contribution in [0, 0.1) is 0 Å². The van der Waals surface area contributed by atoms with Crippen molar-refractivity contribution in [3.8, 4) is 0 Å². The lowest BCUT2D eigenvalue weighted by molar-refractivity contribution is 0.0958. The Morgan fingerprint density at radius 1 is 1.31 bits per heavy atom. The van der Waals surface area contributed by atoms with Crippen LogP contribution in [0.2, 0.25) is 0 Å². The zero-order valence-electron chi connectivity index (χ0n) is 9.25.